The van der Waals surface area contributed by atoms with Crippen LogP contribution in [0.15, 0.2) is 18.2 Å². The largest absolute Gasteiger partial charge is 0.508 e. The first-order chi connectivity index (χ1) is 4.72. The third-order valence-electron chi connectivity index (χ3n) is 1.15. The van der Waals surface area contributed by atoms with Crippen LogP contribution in [0.2, 0.25) is 5.02 Å². The Hall–Kier alpha value is -0.730. The van der Waals surface area contributed by atoms with Gasteiger partial charge in [0.05, 0.1) is 0 Å². The average molecular weight is 157 g/mol. The zero-order valence-corrected chi connectivity index (χ0v) is 6.02. The molecule has 0 atom stereocenters. The van der Waals surface area contributed by atoms with Gasteiger partial charge < -0.3 is 5.11 Å². The topological polar surface area (TPSA) is 44.0 Å². The Labute approximate surface area is 64.2 Å². The molecule has 0 aromatic heterocycles. The molecule has 1 aromatic carbocycles. The summed E-state index contributed by atoms with van der Waals surface area (Å²) in [7, 11) is 0. The average Bonchev–Trinajstić information content (AvgIpc) is 1.85. The molecule has 2 nitrogen and oxygen atoms in total. The SMILES string of the molecule is [NH]Cc1cc(O)cc(Cl)c1. The van der Waals surface area contributed by atoms with Crippen LogP contribution in [-0.2, 0) is 6.54 Å². The minimum absolute atomic E-state index is 0.120. The standard InChI is InChI=1S/C7H7ClNO/c8-6-1-5(4-9)2-7(10)3-6/h1-3,9-10H,4H2. The summed E-state index contributed by atoms with van der Waals surface area (Å²) in [6.45, 7) is 0.147. The van der Waals surface area contributed by atoms with Crippen molar-refractivity contribution in [2.45, 2.75) is 6.54 Å². The van der Waals surface area contributed by atoms with Crippen LogP contribution in [0.3, 0.4) is 0 Å². The molecule has 1 radical (unpaired) electrons. The summed E-state index contributed by atoms with van der Waals surface area (Å²) >= 11 is 5.59. The number of phenolic OH excluding ortho intramolecular Hbond substituents is 1. The lowest BCUT2D eigenvalue weighted by molar-refractivity contribution is 0.474. The molecule has 3 heteroatoms. The van der Waals surface area contributed by atoms with E-state index in [1.54, 1.807) is 6.07 Å². The predicted molar refractivity (Wildman–Crippen MR) is 39.9 cm³/mol. The molecule has 10 heavy (non-hydrogen) atoms. The van der Waals surface area contributed by atoms with E-state index >= 15 is 0 Å². The van der Waals surface area contributed by atoms with E-state index in [-0.39, 0.29) is 12.3 Å². The summed E-state index contributed by atoms with van der Waals surface area (Å²) in [4.78, 5) is 0. The molecule has 0 aliphatic carbocycles. The first-order valence-electron chi connectivity index (χ1n) is 2.85. The lowest BCUT2D eigenvalue weighted by atomic mass is 10.2. The zero-order chi connectivity index (χ0) is 7.56. The molecule has 1 aromatic rings. The van der Waals surface area contributed by atoms with Crippen molar-refractivity contribution in [2.75, 3.05) is 0 Å². The van der Waals surface area contributed by atoms with E-state index in [1.165, 1.54) is 12.1 Å². The van der Waals surface area contributed by atoms with Crippen molar-refractivity contribution >= 4 is 11.6 Å². The van der Waals surface area contributed by atoms with Gasteiger partial charge >= 0.3 is 0 Å². The van der Waals surface area contributed by atoms with Gasteiger partial charge in [0.25, 0.3) is 0 Å². The van der Waals surface area contributed by atoms with Crippen molar-refractivity contribution in [1.82, 2.24) is 5.73 Å². The minimum Gasteiger partial charge on any atom is -0.508 e. The Morgan fingerprint density at radius 1 is 1.40 bits per heavy atom. The smallest absolute Gasteiger partial charge is 0.117 e. The molecule has 0 bridgehead atoms. The number of phenols is 1. The number of benzene rings is 1. The molecule has 0 aliphatic heterocycles. The van der Waals surface area contributed by atoms with E-state index in [2.05, 4.69) is 0 Å². The van der Waals surface area contributed by atoms with Gasteiger partial charge in [-0.05, 0) is 23.8 Å². The highest BCUT2D eigenvalue weighted by molar-refractivity contribution is 6.30. The highest BCUT2D eigenvalue weighted by Gasteiger charge is 1.95. The maximum Gasteiger partial charge on any atom is 0.117 e. The van der Waals surface area contributed by atoms with Gasteiger partial charge in [0, 0.05) is 11.6 Å². The summed E-state index contributed by atoms with van der Waals surface area (Å²) in [6.07, 6.45) is 0. The molecule has 0 heterocycles. The number of aromatic hydroxyl groups is 1. The molecule has 0 spiro atoms. The fourth-order valence-corrected chi connectivity index (χ4v) is 0.987. The Morgan fingerprint density at radius 3 is 2.60 bits per heavy atom. The molecule has 0 saturated carbocycles. The fourth-order valence-electron chi connectivity index (χ4n) is 0.735. The van der Waals surface area contributed by atoms with Gasteiger partial charge in [0.2, 0.25) is 0 Å². The normalized spacial score (nSPS) is 9.80. The Bertz CT molecular complexity index is 217. The zero-order valence-electron chi connectivity index (χ0n) is 5.26. The van der Waals surface area contributed by atoms with E-state index in [0.29, 0.717) is 5.02 Å². The van der Waals surface area contributed by atoms with Crippen LogP contribution < -0.4 is 5.73 Å². The van der Waals surface area contributed by atoms with Crippen LogP contribution >= 0.6 is 11.6 Å². The van der Waals surface area contributed by atoms with Gasteiger partial charge in [-0.2, -0.15) is 0 Å². The molecule has 2 N–H and O–H groups in total. The third-order valence-corrected chi connectivity index (χ3v) is 1.36. The highest BCUT2D eigenvalue weighted by atomic mass is 35.5. The van der Waals surface area contributed by atoms with E-state index in [4.69, 9.17) is 22.4 Å². The number of nitrogens with one attached hydrogen (secondary N) is 1. The lowest BCUT2D eigenvalue weighted by Crippen LogP contribution is -1.83. The second-order valence-electron chi connectivity index (χ2n) is 1.99. The lowest BCUT2D eigenvalue weighted by Gasteiger charge is -1.97. The van der Waals surface area contributed by atoms with Gasteiger partial charge in [0.1, 0.15) is 5.75 Å². The molecule has 0 aliphatic rings. The van der Waals surface area contributed by atoms with Crippen molar-refractivity contribution in [2.24, 2.45) is 0 Å². The first-order valence-corrected chi connectivity index (χ1v) is 3.23. The second-order valence-corrected chi connectivity index (χ2v) is 2.43. The summed E-state index contributed by atoms with van der Waals surface area (Å²) in [6, 6.07) is 4.63. The Balaban J connectivity index is 3.06. The first kappa shape index (κ1) is 7.38. The molecule has 0 unspecified atom stereocenters. The summed E-state index contributed by atoms with van der Waals surface area (Å²) in [5.74, 6) is 0.120. The van der Waals surface area contributed by atoms with Gasteiger partial charge in [0.15, 0.2) is 0 Å². The van der Waals surface area contributed by atoms with Crippen LogP contribution in [0.5, 0.6) is 5.75 Å². The predicted octanol–water partition coefficient (Wildman–Crippen LogP) is 1.83. The maximum atomic E-state index is 8.96. The molecule has 1 rings (SSSR count). The van der Waals surface area contributed by atoms with Crippen LogP contribution in [0.1, 0.15) is 5.56 Å². The van der Waals surface area contributed by atoms with Gasteiger partial charge in [-0.15, -0.1) is 0 Å². The molecule has 0 amide bonds. The van der Waals surface area contributed by atoms with E-state index in [9.17, 15) is 0 Å². The van der Waals surface area contributed by atoms with Crippen LogP contribution in [0.25, 0.3) is 0 Å². The number of hydrogen-bond donors (Lipinski definition) is 1. The quantitative estimate of drug-likeness (QED) is 0.663. The van der Waals surface area contributed by atoms with E-state index < -0.39 is 0 Å². The Kier molecular flexibility index (Phi) is 2.14. The summed E-state index contributed by atoms with van der Waals surface area (Å²) < 4.78 is 0. The summed E-state index contributed by atoms with van der Waals surface area (Å²) in [5, 5.41) is 9.43. The second kappa shape index (κ2) is 2.90. The van der Waals surface area contributed by atoms with Crippen LogP contribution in [0.4, 0.5) is 0 Å². The van der Waals surface area contributed by atoms with Gasteiger partial charge in [-0.25, -0.2) is 0 Å². The van der Waals surface area contributed by atoms with Gasteiger partial charge in [-0.1, -0.05) is 11.6 Å². The molecule has 0 saturated heterocycles. The number of rotatable bonds is 1. The molecular weight excluding hydrogens is 150 g/mol. The van der Waals surface area contributed by atoms with Crippen molar-refractivity contribution < 1.29 is 5.11 Å². The van der Waals surface area contributed by atoms with E-state index in [0.717, 1.165) is 5.56 Å². The van der Waals surface area contributed by atoms with Gasteiger partial charge in [-0.3, -0.25) is 5.73 Å². The van der Waals surface area contributed by atoms with Crippen molar-refractivity contribution in [3.05, 3.63) is 28.8 Å². The number of halogens is 1. The van der Waals surface area contributed by atoms with E-state index in [1.807, 2.05) is 0 Å². The number of hydrogen-bond acceptors (Lipinski definition) is 1. The monoisotopic (exact) mass is 156 g/mol. The van der Waals surface area contributed by atoms with Crippen LogP contribution in [-0.4, -0.2) is 5.11 Å². The van der Waals surface area contributed by atoms with Crippen molar-refractivity contribution in [3.63, 3.8) is 0 Å². The Morgan fingerprint density at radius 2 is 2.10 bits per heavy atom. The van der Waals surface area contributed by atoms with Crippen molar-refractivity contribution in [1.29, 1.82) is 0 Å². The molecule has 53 valence electrons. The highest BCUT2D eigenvalue weighted by Crippen LogP contribution is 2.19. The molecule has 0 fully saturated rings. The minimum atomic E-state index is 0.120. The summed E-state index contributed by atoms with van der Waals surface area (Å²) in [5.41, 5.74) is 7.69. The van der Waals surface area contributed by atoms with Crippen molar-refractivity contribution in [3.8, 4) is 5.75 Å². The van der Waals surface area contributed by atoms with Crippen LogP contribution in [0, 0.1) is 0 Å². The third kappa shape index (κ3) is 1.62. The molecular formula is C7H7ClNO. The fraction of sp³-hybridized carbons (Fsp3) is 0.143. The maximum absolute atomic E-state index is 8.96.